The van der Waals surface area contributed by atoms with Gasteiger partial charge in [-0.1, -0.05) is 0 Å². The van der Waals surface area contributed by atoms with Gasteiger partial charge in [0.15, 0.2) is 0 Å². The van der Waals surface area contributed by atoms with Gasteiger partial charge in [-0.15, -0.1) is 5.59 Å². The van der Waals surface area contributed by atoms with Crippen LogP contribution in [0.5, 0.6) is 0 Å². The van der Waals surface area contributed by atoms with E-state index in [0.717, 1.165) is 0 Å². The largest absolute Gasteiger partial charge is 0.381 e. The molecule has 0 saturated heterocycles. The minimum atomic E-state index is -0.699. The molecule has 0 aromatic heterocycles. The van der Waals surface area contributed by atoms with Crippen molar-refractivity contribution in [2.45, 2.75) is 45.6 Å². The Balaban J connectivity index is 3.72. The van der Waals surface area contributed by atoms with E-state index in [1.807, 2.05) is 13.8 Å². The van der Waals surface area contributed by atoms with E-state index in [1.165, 1.54) is 0 Å². The van der Waals surface area contributed by atoms with Crippen LogP contribution in [0.3, 0.4) is 0 Å². The number of aliphatic hydroxyl groups is 2. The molecular formula is C9H24N4O4. The first-order valence-electron chi connectivity index (χ1n) is 5.46. The van der Waals surface area contributed by atoms with Gasteiger partial charge in [0.2, 0.25) is 0 Å². The van der Waals surface area contributed by atoms with Crippen LogP contribution < -0.4 is 21.8 Å². The fourth-order valence-electron chi connectivity index (χ4n) is 0.865. The van der Waals surface area contributed by atoms with Crippen molar-refractivity contribution in [2.24, 2.45) is 0 Å². The molecular weight excluding hydrogens is 228 g/mol. The van der Waals surface area contributed by atoms with Crippen molar-refractivity contribution in [3.63, 3.8) is 0 Å². The van der Waals surface area contributed by atoms with Gasteiger partial charge in [0.25, 0.3) is 0 Å². The van der Waals surface area contributed by atoms with Crippen LogP contribution in [0.15, 0.2) is 0 Å². The van der Waals surface area contributed by atoms with Crippen molar-refractivity contribution in [2.75, 3.05) is 13.5 Å². The zero-order valence-corrected chi connectivity index (χ0v) is 10.8. The highest BCUT2D eigenvalue weighted by atomic mass is 16.7. The Morgan fingerprint density at radius 1 is 1.18 bits per heavy atom. The second-order valence-corrected chi connectivity index (χ2v) is 4.11. The Morgan fingerprint density at radius 3 is 2.35 bits per heavy atom. The summed E-state index contributed by atoms with van der Waals surface area (Å²) in [5.74, 6) is 0. The molecule has 0 amide bonds. The van der Waals surface area contributed by atoms with Crippen LogP contribution in [0.4, 0.5) is 0 Å². The van der Waals surface area contributed by atoms with Gasteiger partial charge in [-0.2, -0.15) is 5.48 Å². The molecule has 0 heterocycles. The van der Waals surface area contributed by atoms with Crippen LogP contribution in [-0.4, -0.2) is 41.5 Å². The summed E-state index contributed by atoms with van der Waals surface area (Å²) < 4.78 is 0. The number of hydroxylamine groups is 1. The van der Waals surface area contributed by atoms with Gasteiger partial charge in [-0.05, 0) is 27.7 Å². The molecule has 104 valence electrons. The lowest BCUT2D eigenvalue weighted by Crippen LogP contribution is -2.53. The quantitative estimate of drug-likeness (QED) is 0.207. The highest BCUT2D eigenvalue weighted by molar-refractivity contribution is 4.65. The molecule has 0 rings (SSSR count). The Bertz CT molecular complexity index is 194. The van der Waals surface area contributed by atoms with E-state index in [9.17, 15) is 0 Å². The predicted octanol–water partition coefficient (Wildman–Crippen LogP) is -1.46. The maximum Gasteiger partial charge on any atom is 0.137 e. The summed E-state index contributed by atoms with van der Waals surface area (Å²) in [6.45, 7) is 6.82. The highest BCUT2D eigenvalue weighted by Gasteiger charge is 2.18. The number of hydrogen-bond acceptors (Lipinski definition) is 8. The lowest BCUT2D eigenvalue weighted by Gasteiger charge is -2.27. The van der Waals surface area contributed by atoms with Crippen molar-refractivity contribution < 1.29 is 19.9 Å². The highest BCUT2D eigenvalue weighted by Crippen LogP contribution is 2.00. The summed E-state index contributed by atoms with van der Waals surface area (Å²) in [5.41, 5.74) is 7.10. The summed E-state index contributed by atoms with van der Waals surface area (Å²) in [6, 6.07) is -0.0565. The molecule has 0 spiro atoms. The van der Waals surface area contributed by atoms with E-state index >= 15 is 0 Å². The van der Waals surface area contributed by atoms with E-state index in [4.69, 9.17) is 19.9 Å². The lowest BCUT2D eigenvalue weighted by molar-refractivity contribution is -0.142. The molecule has 8 heteroatoms. The van der Waals surface area contributed by atoms with Crippen molar-refractivity contribution >= 4 is 0 Å². The fraction of sp³-hybridized carbons (Fsp3) is 1.00. The number of aliphatic hydroxyl groups excluding tert-OH is 2. The first-order chi connectivity index (χ1) is 7.93. The first kappa shape index (κ1) is 16.7. The average Bonchev–Trinajstić information content (AvgIpc) is 2.25. The Kier molecular flexibility index (Phi) is 8.56. The van der Waals surface area contributed by atoms with Crippen molar-refractivity contribution in [3.05, 3.63) is 0 Å². The van der Waals surface area contributed by atoms with Crippen LogP contribution in [0.1, 0.15) is 27.7 Å². The SMILES string of the molecule is CC(NNOC(C)(C)NCO)C(C)ONCO. The number of hydrogen-bond donors (Lipinski definition) is 6. The summed E-state index contributed by atoms with van der Waals surface area (Å²) in [4.78, 5) is 10.3. The second kappa shape index (κ2) is 8.72. The van der Waals surface area contributed by atoms with Crippen LogP contribution in [0.25, 0.3) is 0 Å². The molecule has 0 aliphatic carbocycles. The Hall–Kier alpha value is -0.320. The Labute approximate surface area is 102 Å². The summed E-state index contributed by atoms with van der Waals surface area (Å²) in [6.07, 6.45) is -0.174. The third-order valence-electron chi connectivity index (χ3n) is 2.14. The molecule has 2 unspecified atom stereocenters. The molecule has 0 bridgehead atoms. The molecule has 8 nitrogen and oxygen atoms in total. The maximum atomic E-state index is 8.70. The molecule has 0 fully saturated rings. The zero-order valence-electron chi connectivity index (χ0n) is 10.8. The molecule has 17 heavy (non-hydrogen) atoms. The monoisotopic (exact) mass is 252 g/mol. The lowest BCUT2D eigenvalue weighted by atomic mass is 10.2. The van der Waals surface area contributed by atoms with Crippen LogP contribution in [0, 0.1) is 0 Å². The smallest absolute Gasteiger partial charge is 0.137 e. The van der Waals surface area contributed by atoms with Gasteiger partial charge in [0.05, 0.1) is 12.8 Å². The van der Waals surface area contributed by atoms with Gasteiger partial charge >= 0.3 is 0 Å². The summed E-state index contributed by atoms with van der Waals surface area (Å²) in [7, 11) is 0. The van der Waals surface area contributed by atoms with Crippen molar-refractivity contribution in [1.29, 1.82) is 0 Å². The maximum absolute atomic E-state index is 8.70. The molecule has 2 atom stereocenters. The molecule has 0 aromatic carbocycles. The number of nitrogens with one attached hydrogen (secondary N) is 4. The number of hydrazine groups is 1. The van der Waals surface area contributed by atoms with Gasteiger partial charge < -0.3 is 10.2 Å². The second-order valence-electron chi connectivity index (χ2n) is 4.11. The Morgan fingerprint density at radius 2 is 1.82 bits per heavy atom. The molecule has 0 aliphatic rings. The topological polar surface area (TPSA) is 107 Å². The normalized spacial score (nSPS) is 15.9. The summed E-state index contributed by atoms with van der Waals surface area (Å²) >= 11 is 0. The standard InChI is InChI=1S/C9H24N4O4/c1-7(8(2)16-11-6-15)12-13-17-9(3,4)10-5-14/h7-8,10-15H,5-6H2,1-4H3. The fourth-order valence-corrected chi connectivity index (χ4v) is 0.865. The van der Waals surface area contributed by atoms with E-state index in [2.05, 4.69) is 21.8 Å². The molecule has 0 radical (unpaired) electrons. The average molecular weight is 252 g/mol. The number of rotatable bonds is 10. The molecule has 0 aromatic rings. The summed E-state index contributed by atoms with van der Waals surface area (Å²) in [5, 5.41) is 19.9. The minimum Gasteiger partial charge on any atom is -0.381 e. The van der Waals surface area contributed by atoms with Gasteiger partial charge in [0.1, 0.15) is 12.5 Å². The molecule has 0 aliphatic heterocycles. The third-order valence-corrected chi connectivity index (χ3v) is 2.14. The van der Waals surface area contributed by atoms with E-state index in [-0.39, 0.29) is 25.6 Å². The van der Waals surface area contributed by atoms with Crippen LogP contribution >= 0.6 is 0 Å². The van der Waals surface area contributed by atoms with E-state index in [0.29, 0.717) is 0 Å². The van der Waals surface area contributed by atoms with Gasteiger partial charge in [0, 0.05) is 6.04 Å². The van der Waals surface area contributed by atoms with E-state index in [1.54, 1.807) is 13.8 Å². The first-order valence-corrected chi connectivity index (χ1v) is 5.46. The third kappa shape index (κ3) is 8.41. The zero-order chi connectivity index (χ0) is 13.3. The van der Waals surface area contributed by atoms with Gasteiger partial charge in [-0.25, -0.2) is 5.43 Å². The van der Waals surface area contributed by atoms with Gasteiger partial charge in [-0.3, -0.25) is 15.0 Å². The van der Waals surface area contributed by atoms with E-state index < -0.39 is 5.72 Å². The van der Waals surface area contributed by atoms with Crippen LogP contribution in [0.2, 0.25) is 0 Å². The molecule has 0 saturated carbocycles. The van der Waals surface area contributed by atoms with Crippen LogP contribution in [-0.2, 0) is 9.68 Å². The van der Waals surface area contributed by atoms with Crippen molar-refractivity contribution in [1.82, 2.24) is 21.8 Å². The molecule has 6 N–H and O–H groups in total. The minimum absolute atomic E-state index is 0.0565. The van der Waals surface area contributed by atoms with Crippen molar-refractivity contribution in [3.8, 4) is 0 Å². The predicted molar refractivity (Wildman–Crippen MR) is 61.9 cm³/mol.